The fraction of sp³-hybridized carbons (Fsp3) is 0.944. The van der Waals surface area contributed by atoms with Gasteiger partial charge in [0.2, 0.25) is 5.91 Å². The minimum Gasteiger partial charge on any atom is -0.355 e. The summed E-state index contributed by atoms with van der Waals surface area (Å²) in [4.78, 5) is 13.0. The molecule has 5 aliphatic carbocycles. The van der Waals surface area contributed by atoms with Crippen LogP contribution in [0.2, 0.25) is 0 Å². The SMILES string of the molecule is CC12CC3CC(C1)CC(C(=O)NCC1(CCBr)CC1)(C3)C2. The maximum absolute atomic E-state index is 13.0. The molecule has 0 spiro atoms. The van der Waals surface area contributed by atoms with Crippen molar-refractivity contribution in [3.05, 3.63) is 0 Å². The number of hydrogen-bond acceptors (Lipinski definition) is 1. The maximum atomic E-state index is 13.0. The smallest absolute Gasteiger partial charge is 0.226 e. The van der Waals surface area contributed by atoms with E-state index >= 15 is 0 Å². The number of alkyl halides is 1. The Balaban J connectivity index is 1.44. The van der Waals surface area contributed by atoms with Gasteiger partial charge < -0.3 is 5.32 Å². The first-order valence-electron chi connectivity index (χ1n) is 8.81. The zero-order valence-electron chi connectivity index (χ0n) is 13.2. The molecule has 0 aromatic rings. The van der Waals surface area contributed by atoms with Gasteiger partial charge in [0.15, 0.2) is 0 Å². The number of carbonyl (C=O) groups excluding carboxylic acids is 1. The van der Waals surface area contributed by atoms with Crippen LogP contribution in [-0.4, -0.2) is 17.8 Å². The van der Waals surface area contributed by atoms with Gasteiger partial charge in [-0.2, -0.15) is 0 Å². The molecule has 1 amide bonds. The summed E-state index contributed by atoms with van der Waals surface area (Å²) in [6, 6.07) is 0. The minimum absolute atomic E-state index is 0.00329. The zero-order chi connectivity index (χ0) is 14.7. The fourth-order valence-electron chi connectivity index (χ4n) is 6.33. The molecular formula is C18H28BrNO. The molecule has 5 rings (SSSR count). The van der Waals surface area contributed by atoms with E-state index in [0.717, 1.165) is 30.1 Å². The van der Waals surface area contributed by atoms with E-state index in [4.69, 9.17) is 0 Å². The number of amides is 1. The zero-order valence-corrected chi connectivity index (χ0v) is 14.8. The van der Waals surface area contributed by atoms with Gasteiger partial charge in [0.25, 0.3) is 0 Å². The van der Waals surface area contributed by atoms with Crippen LogP contribution >= 0.6 is 15.9 Å². The normalized spacial score (nSPS) is 45.6. The Morgan fingerprint density at radius 1 is 1.19 bits per heavy atom. The number of hydrogen-bond donors (Lipinski definition) is 1. The Morgan fingerprint density at radius 3 is 2.38 bits per heavy atom. The molecule has 5 aliphatic rings. The lowest BCUT2D eigenvalue weighted by molar-refractivity contribution is -0.155. The molecule has 0 saturated heterocycles. The number of carbonyl (C=O) groups is 1. The third-order valence-electron chi connectivity index (χ3n) is 7.04. The molecule has 4 bridgehead atoms. The summed E-state index contributed by atoms with van der Waals surface area (Å²) < 4.78 is 0. The van der Waals surface area contributed by atoms with E-state index in [2.05, 4.69) is 28.2 Å². The first-order chi connectivity index (χ1) is 9.97. The molecular weight excluding hydrogens is 326 g/mol. The van der Waals surface area contributed by atoms with Gasteiger partial charge in [-0.05, 0) is 80.5 Å². The third-order valence-corrected chi connectivity index (χ3v) is 7.44. The Hall–Kier alpha value is -0.0500. The van der Waals surface area contributed by atoms with Crippen LogP contribution in [0.1, 0.15) is 64.7 Å². The highest BCUT2D eigenvalue weighted by Crippen LogP contribution is 2.65. The van der Waals surface area contributed by atoms with Crippen LogP contribution in [0.25, 0.3) is 0 Å². The number of halogens is 1. The van der Waals surface area contributed by atoms with Gasteiger partial charge in [-0.15, -0.1) is 0 Å². The summed E-state index contributed by atoms with van der Waals surface area (Å²) in [6.45, 7) is 3.37. The summed E-state index contributed by atoms with van der Waals surface area (Å²) in [5.41, 5.74) is 0.906. The van der Waals surface area contributed by atoms with Crippen LogP contribution in [0.4, 0.5) is 0 Å². The van der Waals surface area contributed by atoms with Gasteiger partial charge in [-0.1, -0.05) is 22.9 Å². The van der Waals surface area contributed by atoms with Crippen molar-refractivity contribution in [2.24, 2.45) is 28.1 Å². The van der Waals surface area contributed by atoms with Crippen LogP contribution in [0.5, 0.6) is 0 Å². The molecule has 0 radical (unpaired) electrons. The third kappa shape index (κ3) is 2.48. The first kappa shape index (κ1) is 14.5. The molecule has 0 aromatic heterocycles. The van der Waals surface area contributed by atoms with E-state index in [1.165, 1.54) is 51.4 Å². The average molecular weight is 354 g/mol. The quantitative estimate of drug-likeness (QED) is 0.734. The van der Waals surface area contributed by atoms with Gasteiger partial charge >= 0.3 is 0 Å². The summed E-state index contributed by atoms with van der Waals surface area (Å²) in [6.07, 6.45) is 11.5. The topological polar surface area (TPSA) is 29.1 Å². The van der Waals surface area contributed by atoms with Crippen LogP contribution in [0.3, 0.4) is 0 Å². The van der Waals surface area contributed by atoms with Gasteiger partial charge in [0.05, 0.1) is 5.41 Å². The standard InChI is InChI=1S/C18H28BrNO/c1-16-7-13-6-14(8-16)10-18(9-13,11-16)15(21)20-12-17(2-3-17)4-5-19/h13-14H,2-12H2,1H3,(H,20,21). The van der Waals surface area contributed by atoms with E-state index in [0.29, 0.717) is 16.7 Å². The largest absolute Gasteiger partial charge is 0.355 e. The number of nitrogens with one attached hydrogen (secondary N) is 1. The Labute approximate surface area is 136 Å². The molecule has 0 heterocycles. The lowest BCUT2D eigenvalue weighted by Gasteiger charge is -2.60. The monoisotopic (exact) mass is 353 g/mol. The second kappa shape index (κ2) is 4.72. The summed E-state index contributed by atoms with van der Waals surface area (Å²) >= 11 is 3.56. The highest BCUT2D eigenvalue weighted by molar-refractivity contribution is 9.09. The lowest BCUT2D eigenvalue weighted by atomic mass is 9.44. The van der Waals surface area contributed by atoms with Crippen molar-refractivity contribution in [3.63, 3.8) is 0 Å². The van der Waals surface area contributed by atoms with Crippen molar-refractivity contribution >= 4 is 21.8 Å². The molecule has 2 nitrogen and oxygen atoms in total. The maximum Gasteiger partial charge on any atom is 0.226 e. The van der Waals surface area contributed by atoms with Crippen molar-refractivity contribution in [1.29, 1.82) is 0 Å². The molecule has 5 saturated carbocycles. The van der Waals surface area contributed by atoms with E-state index in [1.807, 2.05) is 0 Å². The van der Waals surface area contributed by atoms with E-state index in [1.54, 1.807) is 0 Å². The predicted octanol–water partition coefficient (Wildman–Crippen LogP) is 4.27. The second-order valence-electron chi connectivity index (χ2n) is 9.17. The first-order valence-corrected chi connectivity index (χ1v) is 9.93. The van der Waals surface area contributed by atoms with Crippen LogP contribution in [-0.2, 0) is 4.79 Å². The molecule has 0 aliphatic heterocycles. The van der Waals surface area contributed by atoms with Crippen LogP contribution in [0.15, 0.2) is 0 Å². The molecule has 2 atom stereocenters. The van der Waals surface area contributed by atoms with Crippen LogP contribution in [0, 0.1) is 28.1 Å². The molecule has 2 unspecified atom stereocenters. The molecule has 118 valence electrons. The predicted molar refractivity (Wildman–Crippen MR) is 88.3 cm³/mol. The van der Waals surface area contributed by atoms with Gasteiger partial charge in [-0.3, -0.25) is 4.79 Å². The molecule has 1 N–H and O–H groups in total. The Bertz CT molecular complexity index is 442. The Morgan fingerprint density at radius 2 is 1.86 bits per heavy atom. The second-order valence-corrected chi connectivity index (χ2v) is 9.97. The summed E-state index contributed by atoms with van der Waals surface area (Å²) in [5.74, 6) is 2.07. The van der Waals surface area contributed by atoms with Crippen molar-refractivity contribution in [2.75, 3.05) is 11.9 Å². The molecule has 3 heteroatoms. The van der Waals surface area contributed by atoms with Crippen molar-refractivity contribution < 1.29 is 4.79 Å². The summed E-state index contributed by atoms with van der Waals surface area (Å²) in [5, 5.41) is 4.45. The minimum atomic E-state index is 0.00329. The van der Waals surface area contributed by atoms with Gasteiger partial charge in [-0.25, -0.2) is 0 Å². The van der Waals surface area contributed by atoms with Crippen molar-refractivity contribution in [2.45, 2.75) is 64.7 Å². The highest BCUT2D eigenvalue weighted by atomic mass is 79.9. The van der Waals surface area contributed by atoms with Crippen molar-refractivity contribution in [3.8, 4) is 0 Å². The van der Waals surface area contributed by atoms with E-state index < -0.39 is 0 Å². The van der Waals surface area contributed by atoms with Crippen molar-refractivity contribution in [1.82, 2.24) is 5.32 Å². The highest BCUT2D eigenvalue weighted by Gasteiger charge is 2.59. The molecule has 0 aromatic carbocycles. The van der Waals surface area contributed by atoms with Gasteiger partial charge in [0, 0.05) is 11.9 Å². The van der Waals surface area contributed by atoms with E-state index in [9.17, 15) is 4.79 Å². The lowest BCUT2D eigenvalue weighted by Crippen LogP contribution is -2.57. The summed E-state index contributed by atoms with van der Waals surface area (Å²) in [7, 11) is 0. The van der Waals surface area contributed by atoms with E-state index in [-0.39, 0.29) is 5.41 Å². The van der Waals surface area contributed by atoms with Gasteiger partial charge in [0.1, 0.15) is 0 Å². The molecule has 5 fully saturated rings. The van der Waals surface area contributed by atoms with Crippen LogP contribution < -0.4 is 5.32 Å². The number of rotatable bonds is 5. The Kier molecular flexibility index (Phi) is 3.27. The molecule has 21 heavy (non-hydrogen) atoms. The average Bonchev–Trinajstić information content (AvgIpc) is 3.14. The fourth-order valence-corrected chi connectivity index (χ4v) is 7.17.